The van der Waals surface area contributed by atoms with Gasteiger partial charge in [0.25, 0.3) is 0 Å². The third-order valence-electron chi connectivity index (χ3n) is 3.67. The number of nitrogens with zero attached hydrogens (tertiary/aromatic N) is 2. The van der Waals surface area contributed by atoms with Crippen LogP contribution in [-0.4, -0.2) is 9.55 Å². The summed E-state index contributed by atoms with van der Waals surface area (Å²) in [4.78, 5) is 4.72. The van der Waals surface area contributed by atoms with Crippen molar-refractivity contribution in [3.63, 3.8) is 0 Å². The van der Waals surface area contributed by atoms with Gasteiger partial charge in [-0.3, -0.25) is 4.57 Å². The van der Waals surface area contributed by atoms with Crippen LogP contribution in [0.5, 0.6) is 0 Å². The molecule has 2 aromatic carbocycles. The molecule has 0 bridgehead atoms. The van der Waals surface area contributed by atoms with Crippen LogP contribution in [0, 0.1) is 13.8 Å². The molecule has 3 heteroatoms. The number of fused-ring (bicyclic) bond motifs is 1. The van der Waals surface area contributed by atoms with Crippen LogP contribution >= 0.6 is 0 Å². The summed E-state index contributed by atoms with van der Waals surface area (Å²) >= 11 is 0. The van der Waals surface area contributed by atoms with Crippen LogP contribution in [0.1, 0.15) is 23.9 Å². The summed E-state index contributed by atoms with van der Waals surface area (Å²) in [6, 6.07) is 12.4. The number of aryl methyl sites for hydroxylation is 3. The second-order valence-corrected chi connectivity index (χ2v) is 5.26. The predicted molar refractivity (Wildman–Crippen MR) is 84.3 cm³/mol. The van der Waals surface area contributed by atoms with Gasteiger partial charge < -0.3 is 5.73 Å². The first-order chi connectivity index (χ1) is 9.60. The molecular formula is C17H19N3. The molecule has 0 spiro atoms. The third kappa shape index (κ3) is 1.95. The second kappa shape index (κ2) is 4.67. The highest BCUT2D eigenvalue weighted by atomic mass is 15.1. The van der Waals surface area contributed by atoms with E-state index >= 15 is 0 Å². The van der Waals surface area contributed by atoms with Crippen molar-refractivity contribution in [1.82, 2.24) is 9.55 Å². The number of hydrogen-bond acceptors (Lipinski definition) is 2. The van der Waals surface area contributed by atoms with Crippen molar-refractivity contribution in [2.24, 2.45) is 0 Å². The average molecular weight is 265 g/mol. The standard InChI is InChI=1S/C17H19N3/c1-4-17-19-14-10-13(18)7-8-15(14)20(17)16-9-11(2)5-6-12(16)3/h5-10H,4,18H2,1-3H3. The first-order valence-corrected chi connectivity index (χ1v) is 6.94. The molecule has 0 atom stereocenters. The Morgan fingerprint density at radius 1 is 1.10 bits per heavy atom. The average Bonchev–Trinajstić information content (AvgIpc) is 2.78. The first kappa shape index (κ1) is 12.7. The molecule has 1 aromatic heterocycles. The van der Waals surface area contributed by atoms with E-state index in [1.807, 2.05) is 12.1 Å². The highest BCUT2D eigenvalue weighted by Crippen LogP contribution is 2.26. The molecule has 3 nitrogen and oxygen atoms in total. The van der Waals surface area contributed by atoms with Crippen molar-refractivity contribution in [3.8, 4) is 5.69 Å². The second-order valence-electron chi connectivity index (χ2n) is 5.26. The monoisotopic (exact) mass is 265 g/mol. The summed E-state index contributed by atoms with van der Waals surface area (Å²) in [5.74, 6) is 1.07. The zero-order valence-electron chi connectivity index (χ0n) is 12.1. The Balaban J connectivity index is 2.37. The van der Waals surface area contributed by atoms with E-state index in [-0.39, 0.29) is 0 Å². The fourth-order valence-electron chi connectivity index (χ4n) is 2.61. The summed E-state index contributed by atoms with van der Waals surface area (Å²) < 4.78 is 2.25. The molecule has 0 aliphatic rings. The van der Waals surface area contributed by atoms with Crippen LogP contribution in [0.15, 0.2) is 36.4 Å². The Labute approximate surface area is 119 Å². The SMILES string of the molecule is CCc1nc2cc(N)ccc2n1-c1cc(C)ccc1C. The van der Waals surface area contributed by atoms with Crippen molar-refractivity contribution >= 4 is 16.7 Å². The summed E-state index contributed by atoms with van der Waals surface area (Å²) in [7, 11) is 0. The Morgan fingerprint density at radius 2 is 1.90 bits per heavy atom. The topological polar surface area (TPSA) is 43.8 Å². The van der Waals surface area contributed by atoms with Gasteiger partial charge in [0, 0.05) is 12.1 Å². The smallest absolute Gasteiger partial charge is 0.114 e. The molecule has 102 valence electrons. The highest BCUT2D eigenvalue weighted by Gasteiger charge is 2.13. The van der Waals surface area contributed by atoms with Gasteiger partial charge >= 0.3 is 0 Å². The van der Waals surface area contributed by atoms with Crippen molar-refractivity contribution in [2.45, 2.75) is 27.2 Å². The largest absolute Gasteiger partial charge is 0.399 e. The summed E-state index contributed by atoms with van der Waals surface area (Å²) in [5.41, 5.74) is 12.4. The number of benzene rings is 2. The molecule has 0 saturated heterocycles. The van der Waals surface area contributed by atoms with Gasteiger partial charge in [-0.25, -0.2) is 4.98 Å². The van der Waals surface area contributed by atoms with E-state index in [2.05, 4.69) is 49.6 Å². The minimum absolute atomic E-state index is 0.755. The van der Waals surface area contributed by atoms with E-state index in [0.717, 1.165) is 29.0 Å². The zero-order valence-corrected chi connectivity index (χ0v) is 12.1. The Bertz CT molecular complexity index is 784. The molecule has 0 aliphatic carbocycles. The van der Waals surface area contributed by atoms with E-state index in [1.165, 1.54) is 16.8 Å². The van der Waals surface area contributed by atoms with E-state index < -0.39 is 0 Å². The Hall–Kier alpha value is -2.29. The fourth-order valence-corrected chi connectivity index (χ4v) is 2.61. The maximum atomic E-state index is 5.87. The van der Waals surface area contributed by atoms with Crippen LogP contribution in [0.3, 0.4) is 0 Å². The lowest BCUT2D eigenvalue weighted by molar-refractivity contribution is 0.902. The molecule has 0 saturated carbocycles. The quantitative estimate of drug-likeness (QED) is 0.716. The number of rotatable bonds is 2. The Morgan fingerprint density at radius 3 is 2.65 bits per heavy atom. The van der Waals surface area contributed by atoms with Crippen LogP contribution in [0.25, 0.3) is 16.7 Å². The molecular weight excluding hydrogens is 246 g/mol. The van der Waals surface area contributed by atoms with Gasteiger partial charge in [0.05, 0.1) is 16.7 Å². The van der Waals surface area contributed by atoms with Gasteiger partial charge in [0.2, 0.25) is 0 Å². The summed E-state index contributed by atoms with van der Waals surface area (Å²) in [6.07, 6.45) is 0.891. The zero-order chi connectivity index (χ0) is 14.3. The number of nitrogens with two attached hydrogens (primary N) is 1. The minimum atomic E-state index is 0.755. The molecule has 3 rings (SSSR count). The predicted octanol–water partition coefficient (Wildman–Crippen LogP) is 3.79. The number of aromatic nitrogens is 2. The lowest BCUT2D eigenvalue weighted by Gasteiger charge is -2.12. The van der Waals surface area contributed by atoms with Crippen LogP contribution in [0.2, 0.25) is 0 Å². The van der Waals surface area contributed by atoms with Crippen molar-refractivity contribution in [1.29, 1.82) is 0 Å². The van der Waals surface area contributed by atoms with Gasteiger partial charge in [-0.15, -0.1) is 0 Å². The van der Waals surface area contributed by atoms with E-state index in [0.29, 0.717) is 0 Å². The van der Waals surface area contributed by atoms with Gasteiger partial charge in [-0.2, -0.15) is 0 Å². The maximum absolute atomic E-state index is 5.87. The van der Waals surface area contributed by atoms with Gasteiger partial charge in [-0.05, 0) is 49.2 Å². The fraction of sp³-hybridized carbons (Fsp3) is 0.235. The lowest BCUT2D eigenvalue weighted by atomic mass is 10.1. The van der Waals surface area contributed by atoms with E-state index in [4.69, 9.17) is 10.7 Å². The van der Waals surface area contributed by atoms with Gasteiger partial charge in [0.15, 0.2) is 0 Å². The van der Waals surface area contributed by atoms with Crippen LogP contribution in [-0.2, 0) is 6.42 Å². The maximum Gasteiger partial charge on any atom is 0.114 e. The number of nitrogen functional groups attached to an aromatic ring is 1. The number of imidazole rings is 1. The van der Waals surface area contributed by atoms with Crippen molar-refractivity contribution in [2.75, 3.05) is 5.73 Å². The molecule has 0 radical (unpaired) electrons. The molecule has 0 aliphatic heterocycles. The first-order valence-electron chi connectivity index (χ1n) is 6.94. The van der Waals surface area contributed by atoms with Crippen LogP contribution < -0.4 is 5.73 Å². The number of hydrogen-bond donors (Lipinski definition) is 1. The molecule has 0 fully saturated rings. The van der Waals surface area contributed by atoms with Crippen molar-refractivity contribution in [3.05, 3.63) is 53.3 Å². The normalized spacial score (nSPS) is 11.2. The van der Waals surface area contributed by atoms with E-state index in [1.54, 1.807) is 0 Å². The minimum Gasteiger partial charge on any atom is -0.399 e. The number of anilines is 1. The third-order valence-corrected chi connectivity index (χ3v) is 3.67. The lowest BCUT2D eigenvalue weighted by Crippen LogP contribution is -2.02. The molecule has 3 aromatic rings. The highest BCUT2D eigenvalue weighted by molar-refractivity contribution is 5.81. The molecule has 0 unspecified atom stereocenters. The molecule has 0 amide bonds. The Kier molecular flexibility index (Phi) is 2.97. The molecule has 2 N–H and O–H groups in total. The van der Waals surface area contributed by atoms with E-state index in [9.17, 15) is 0 Å². The van der Waals surface area contributed by atoms with Gasteiger partial charge in [-0.1, -0.05) is 19.1 Å². The van der Waals surface area contributed by atoms with Gasteiger partial charge in [0.1, 0.15) is 5.82 Å². The van der Waals surface area contributed by atoms with Crippen molar-refractivity contribution < 1.29 is 0 Å². The summed E-state index contributed by atoms with van der Waals surface area (Å²) in [5, 5.41) is 0. The molecule has 1 heterocycles. The summed E-state index contributed by atoms with van der Waals surface area (Å²) in [6.45, 7) is 6.38. The molecule has 20 heavy (non-hydrogen) atoms. The van der Waals surface area contributed by atoms with Crippen LogP contribution in [0.4, 0.5) is 5.69 Å².